The molecule has 1 amide bonds. The van der Waals surface area contributed by atoms with E-state index in [1.54, 1.807) is 30.3 Å². The molecule has 0 saturated heterocycles. The van der Waals surface area contributed by atoms with Gasteiger partial charge in [-0.2, -0.15) is 0 Å². The summed E-state index contributed by atoms with van der Waals surface area (Å²) in [5.74, 6) is -0.814. The van der Waals surface area contributed by atoms with Gasteiger partial charge in [0.25, 0.3) is 5.91 Å². The molecule has 0 unspecified atom stereocenters. The minimum atomic E-state index is -1.84. The van der Waals surface area contributed by atoms with E-state index < -0.39 is 11.5 Å². The average molecular weight is 416 g/mol. The first-order valence-electron chi connectivity index (χ1n) is 8.90. The Morgan fingerprint density at radius 1 is 1.15 bits per heavy atom. The van der Waals surface area contributed by atoms with E-state index in [-0.39, 0.29) is 12.2 Å². The van der Waals surface area contributed by atoms with Gasteiger partial charge in [0, 0.05) is 21.3 Å². The third-order valence-corrected chi connectivity index (χ3v) is 5.31. The number of amides is 1. The molecule has 26 heavy (non-hydrogen) atoms. The van der Waals surface area contributed by atoms with Crippen molar-refractivity contribution in [2.75, 3.05) is 5.32 Å². The monoisotopic (exact) mass is 415 g/mol. The van der Waals surface area contributed by atoms with E-state index in [1.165, 1.54) is 18.4 Å². The van der Waals surface area contributed by atoms with E-state index in [1.807, 2.05) is 12.1 Å². The van der Waals surface area contributed by atoms with Crippen LogP contribution in [0.1, 0.15) is 54.1 Å². The first-order chi connectivity index (χ1) is 12.4. The number of fused-ring (bicyclic) bond motifs is 1. The molecule has 1 aliphatic rings. The maximum atomic E-state index is 12.7. The SMILES string of the molecule is CCCCCc1ccc(C(=O)C[C@@]2(O)C(=O)Nc3ccc(Br)cc32)cc1. The third kappa shape index (κ3) is 3.74. The molecule has 0 radical (unpaired) electrons. The molecule has 136 valence electrons. The number of unbranched alkanes of at least 4 members (excludes halogenated alkanes) is 2. The Hall–Kier alpha value is -1.98. The van der Waals surface area contributed by atoms with Gasteiger partial charge in [-0.05, 0) is 36.6 Å². The molecule has 1 atom stereocenters. The van der Waals surface area contributed by atoms with Crippen LogP contribution in [0.3, 0.4) is 0 Å². The number of hydrogen-bond acceptors (Lipinski definition) is 3. The smallest absolute Gasteiger partial charge is 0.261 e. The minimum absolute atomic E-state index is 0.254. The second-order valence-corrected chi connectivity index (χ2v) is 7.67. The summed E-state index contributed by atoms with van der Waals surface area (Å²) < 4.78 is 0.745. The van der Waals surface area contributed by atoms with Crippen molar-refractivity contribution in [2.24, 2.45) is 0 Å². The van der Waals surface area contributed by atoms with Gasteiger partial charge in [0.05, 0.1) is 6.42 Å². The number of carbonyl (C=O) groups is 2. The second kappa shape index (κ2) is 7.72. The topological polar surface area (TPSA) is 66.4 Å². The molecule has 0 bridgehead atoms. The maximum absolute atomic E-state index is 12.7. The lowest BCUT2D eigenvalue weighted by atomic mass is 9.88. The summed E-state index contributed by atoms with van der Waals surface area (Å²) in [5.41, 5.74) is 0.840. The van der Waals surface area contributed by atoms with Crippen LogP contribution in [0.15, 0.2) is 46.9 Å². The Labute approximate surface area is 161 Å². The number of hydrogen-bond donors (Lipinski definition) is 2. The van der Waals surface area contributed by atoms with Crippen molar-refractivity contribution >= 4 is 33.3 Å². The maximum Gasteiger partial charge on any atom is 0.261 e. The van der Waals surface area contributed by atoms with Crippen LogP contribution >= 0.6 is 15.9 Å². The molecular weight excluding hydrogens is 394 g/mol. The molecule has 0 saturated carbocycles. The number of rotatable bonds is 7. The summed E-state index contributed by atoms with van der Waals surface area (Å²) in [7, 11) is 0. The first kappa shape index (κ1) is 18.8. The Morgan fingerprint density at radius 3 is 2.58 bits per heavy atom. The number of anilines is 1. The highest BCUT2D eigenvalue weighted by molar-refractivity contribution is 9.10. The number of aliphatic hydroxyl groups is 1. The van der Waals surface area contributed by atoms with E-state index in [9.17, 15) is 14.7 Å². The third-order valence-electron chi connectivity index (χ3n) is 4.81. The molecule has 1 aliphatic heterocycles. The first-order valence-corrected chi connectivity index (χ1v) is 9.69. The van der Waals surface area contributed by atoms with Gasteiger partial charge in [-0.15, -0.1) is 0 Å². The summed E-state index contributed by atoms with van der Waals surface area (Å²) in [6, 6.07) is 12.6. The van der Waals surface area contributed by atoms with E-state index in [0.717, 1.165) is 17.3 Å². The average Bonchev–Trinajstić information content (AvgIpc) is 2.86. The van der Waals surface area contributed by atoms with Crippen molar-refractivity contribution in [2.45, 2.75) is 44.6 Å². The van der Waals surface area contributed by atoms with E-state index in [0.29, 0.717) is 16.8 Å². The number of benzene rings is 2. The van der Waals surface area contributed by atoms with Gasteiger partial charge >= 0.3 is 0 Å². The van der Waals surface area contributed by atoms with E-state index >= 15 is 0 Å². The highest BCUT2D eigenvalue weighted by atomic mass is 79.9. The summed E-state index contributed by atoms with van der Waals surface area (Å²) >= 11 is 3.35. The van der Waals surface area contributed by atoms with Gasteiger partial charge < -0.3 is 10.4 Å². The van der Waals surface area contributed by atoms with Gasteiger partial charge in [0.1, 0.15) is 0 Å². The Bertz CT molecular complexity index is 832. The van der Waals surface area contributed by atoms with Crippen molar-refractivity contribution in [3.05, 3.63) is 63.6 Å². The van der Waals surface area contributed by atoms with Gasteiger partial charge in [-0.3, -0.25) is 9.59 Å². The van der Waals surface area contributed by atoms with E-state index in [4.69, 9.17) is 0 Å². The van der Waals surface area contributed by atoms with Crippen molar-refractivity contribution in [3.8, 4) is 0 Å². The second-order valence-electron chi connectivity index (χ2n) is 6.76. The largest absolute Gasteiger partial charge is 0.375 e. The van der Waals surface area contributed by atoms with Crippen LogP contribution in [-0.4, -0.2) is 16.8 Å². The Kier molecular flexibility index (Phi) is 5.58. The lowest BCUT2D eigenvalue weighted by Gasteiger charge is -2.20. The summed E-state index contributed by atoms with van der Waals surface area (Å²) in [5, 5.41) is 13.6. The molecule has 2 N–H and O–H groups in total. The number of carbonyl (C=O) groups excluding carboxylic acids is 2. The zero-order valence-electron chi connectivity index (χ0n) is 14.7. The van der Waals surface area contributed by atoms with Crippen LogP contribution in [0.5, 0.6) is 0 Å². The van der Waals surface area contributed by atoms with Crippen molar-refractivity contribution in [3.63, 3.8) is 0 Å². The van der Waals surface area contributed by atoms with Gasteiger partial charge in [0.15, 0.2) is 11.4 Å². The van der Waals surface area contributed by atoms with Gasteiger partial charge in [-0.1, -0.05) is 60.0 Å². The number of aryl methyl sites for hydroxylation is 1. The van der Waals surface area contributed by atoms with Crippen LogP contribution in [0, 0.1) is 0 Å². The number of nitrogens with one attached hydrogen (secondary N) is 1. The van der Waals surface area contributed by atoms with Crippen molar-refractivity contribution < 1.29 is 14.7 Å². The molecule has 0 fully saturated rings. The normalized spacial score (nSPS) is 18.5. The molecule has 2 aromatic rings. The van der Waals surface area contributed by atoms with Crippen LogP contribution in [0.25, 0.3) is 0 Å². The number of halogens is 1. The Balaban J connectivity index is 1.75. The van der Waals surface area contributed by atoms with Crippen LogP contribution in [0.4, 0.5) is 5.69 Å². The fraction of sp³-hybridized carbons (Fsp3) is 0.333. The molecule has 2 aromatic carbocycles. The molecule has 0 spiro atoms. The predicted octanol–water partition coefficient (Wildman–Crippen LogP) is 4.59. The predicted molar refractivity (Wildman–Crippen MR) is 105 cm³/mol. The lowest BCUT2D eigenvalue weighted by molar-refractivity contribution is -0.133. The summed E-state index contributed by atoms with van der Waals surface area (Å²) in [6.07, 6.45) is 4.22. The van der Waals surface area contributed by atoms with Crippen molar-refractivity contribution in [1.82, 2.24) is 0 Å². The fourth-order valence-corrected chi connectivity index (χ4v) is 3.62. The summed E-state index contributed by atoms with van der Waals surface area (Å²) in [6.45, 7) is 2.17. The van der Waals surface area contributed by atoms with Crippen LogP contribution < -0.4 is 5.32 Å². The lowest BCUT2D eigenvalue weighted by Crippen LogP contribution is -2.36. The molecule has 3 rings (SSSR count). The zero-order valence-corrected chi connectivity index (χ0v) is 16.3. The quantitative estimate of drug-likeness (QED) is 0.512. The van der Waals surface area contributed by atoms with Gasteiger partial charge in [-0.25, -0.2) is 0 Å². The number of ketones is 1. The highest BCUT2D eigenvalue weighted by Crippen LogP contribution is 2.40. The van der Waals surface area contributed by atoms with E-state index in [2.05, 4.69) is 28.2 Å². The fourth-order valence-electron chi connectivity index (χ4n) is 3.26. The number of Topliss-reactive ketones (excluding diaryl/α,β-unsaturated/α-hetero) is 1. The minimum Gasteiger partial charge on any atom is -0.375 e. The van der Waals surface area contributed by atoms with Crippen molar-refractivity contribution in [1.29, 1.82) is 0 Å². The van der Waals surface area contributed by atoms with Gasteiger partial charge in [0.2, 0.25) is 0 Å². The molecule has 0 aromatic heterocycles. The molecule has 1 heterocycles. The Morgan fingerprint density at radius 2 is 1.88 bits per heavy atom. The zero-order chi connectivity index (χ0) is 18.7. The molecular formula is C21H22BrNO3. The summed E-state index contributed by atoms with van der Waals surface area (Å²) in [4.78, 5) is 25.0. The van der Waals surface area contributed by atoms with Crippen LogP contribution in [-0.2, 0) is 16.8 Å². The standard InChI is InChI=1S/C21H22BrNO3/c1-2-3-4-5-14-6-8-15(9-7-14)19(24)13-21(26)17-12-16(22)10-11-18(17)23-20(21)25/h6-12,26H,2-5,13H2,1H3,(H,23,25)/t21-/m0/s1. The molecule has 4 nitrogen and oxygen atoms in total. The molecule has 0 aliphatic carbocycles. The molecule has 5 heteroatoms. The van der Waals surface area contributed by atoms with Crippen LogP contribution in [0.2, 0.25) is 0 Å². The highest BCUT2D eigenvalue weighted by Gasteiger charge is 2.46.